The van der Waals surface area contributed by atoms with Crippen LogP contribution in [0.2, 0.25) is 0 Å². The van der Waals surface area contributed by atoms with E-state index in [1.54, 1.807) is 0 Å². The van der Waals surface area contributed by atoms with Crippen molar-refractivity contribution >= 4 is 27.3 Å². The van der Waals surface area contributed by atoms with Gasteiger partial charge in [0.2, 0.25) is 0 Å². The van der Waals surface area contributed by atoms with Gasteiger partial charge in [0.25, 0.3) is 0 Å². The summed E-state index contributed by atoms with van der Waals surface area (Å²) >= 11 is 5.35. The Morgan fingerprint density at radius 3 is 2.94 bits per heavy atom. The molecule has 0 radical (unpaired) electrons. The summed E-state index contributed by atoms with van der Waals surface area (Å²) in [4.78, 5) is 1.43. The summed E-state index contributed by atoms with van der Waals surface area (Å²) in [7, 11) is 0. The molecule has 2 atom stereocenters. The van der Waals surface area contributed by atoms with Gasteiger partial charge in [-0.05, 0) is 46.8 Å². The molecule has 1 saturated carbocycles. The summed E-state index contributed by atoms with van der Waals surface area (Å²) in [5.74, 6) is 0.710. The van der Waals surface area contributed by atoms with Crippen LogP contribution in [-0.2, 0) is 6.42 Å². The maximum Gasteiger partial charge on any atom is 0.0701 e. The topological polar surface area (TPSA) is 26.0 Å². The van der Waals surface area contributed by atoms with Gasteiger partial charge < -0.3 is 5.73 Å². The highest BCUT2D eigenvalue weighted by Crippen LogP contribution is 2.38. The number of hydrogen-bond donors (Lipinski definition) is 1. The molecule has 1 aromatic heterocycles. The molecule has 0 spiro atoms. The van der Waals surface area contributed by atoms with E-state index in [0.29, 0.717) is 5.92 Å². The van der Waals surface area contributed by atoms with Gasteiger partial charge in [-0.2, -0.15) is 0 Å². The van der Waals surface area contributed by atoms with Crippen LogP contribution in [0.5, 0.6) is 0 Å². The predicted molar refractivity (Wildman–Crippen MR) is 74.9 cm³/mol. The average Bonchev–Trinajstić information content (AvgIpc) is 2.64. The molecule has 0 saturated heterocycles. The Labute approximate surface area is 111 Å². The van der Waals surface area contributed by atoms with Crippen molar-refractivity contribution < 1.29 is 0 Å². The van der Waals surface area contributed by atoms with E-state index in [9.17, 15) is 0 Å². The third-order valence-electron chi connectivity index (χ3n) is 3.88. The fraction of sp³-hybridized carbons (Fsp3) is 0.692. The van der Waals surface area contributed by atoms with Gasteiger partial charge in [0.1, 0.15) is 0 Å². The summed E-state index contributed by atoms with van der Waals surface area (Å²) in [6, 6.07) is 4.35. The van der Waals surface area contributed by atoms with E-state index in [-0.39, 0.29) is 5.54 Å². The maximum atomic E-state index is 6.65. The quantitative estimate of drug-likeness (QED) is 0.882. The molecule has 1 nitrogen and oxygen atoms in total. The fourth-order valence-electron chi connectivity index (χ4n) is 2.95. The average molecular weight is 302 g/mol. The zero-order valence-electron chi connectivity index (χ0n) is 9.84. The molecule has 3 heteroatoms. The second kappa shape index (κ2) is 5.19. The molecule has 1 heterocycles. The first-order valence-electron chi connectivity index (χ1n) is 6.17. The van der Waals surface area contributed by atoms with E-state index >= 15 is 0 Å². The van der Waals surface area contributed by atoms with Gasteiger partial charge in [0.15, 0.2) is 0 Å². The van der Waals surface area contributed by atoms with E-state index in [0.717, 1.165) is 6.42 Å². The Hall–Kier alpha value is 0.140. The zero-order chi connectivity index (χ0) is 11.6. The Bertz CT molecular complexity index is 349. The van der Waals surface area contributed by atoms with Crippen molar-refractivity contribution in [1.29, 1.82) is 0 Å². The van der Waals surface area contributed by atoms with Crippen molar-refractivity contribution in [2.45, 2.75) is 51.0 Å². The van der Waals surface area contributed by atoms with Crippen molar-refractivity contribution in [2.75, 3.05) is 0 Å². The largest absolute Gasteiger partial charge is 0.325 e. The van der Waals surface area contributed by atoms with E-state index in [1.165, 1.54) is 40.8 Å². The van der Waals surface area contributed by atoms with E-state index < -0.39 is 0 Å². The van der Waals surface area contributed by atoms with Crippen molar-refractivity contribution in [3.8, 4) is 0 Å². The molecule has 16 heavy (non-hydrogen) atoms. The number of rotatable bonds is 3. The van der Waals surface area contributed by atoms with Gasteiger partial charge in [0.05, 0.1) is 3.79 Å². The fourth-order valence-corrected chi connectivity index (χ4v) is 4.57. The first kappa shape index (κ1) is 12.6. The minimum atomic E-state index is 0.0529. The van der Waals surface area contributed by atoms with Crippen LogP contribution in [0.3, 0.4) is 0 Å². The van der Waals surface area contributed by atoms with Crippen molar-refractivity contribution in [1.82, 2.24) is 0 Å². The van der Waals surface area contributed by atoms with Crippen LogP contribution in [0.15, 0.2) is 15.9 Å². The van der Waals surface area contributed by atoms with Gasteiger partial charge >= 0.3 is 0 Å². The first-order chi connectivity index (χ1) is 7.64. The van der Waals surface area contributed by atoms with Gasteiger partial charge in [-0.25, -0.2) is 0 Å². The third-order valence-corrected chi connectivity index (χ3v) is 5.51. The molecule has 1 aliphatic carbocycles. The van der Waals surface area contributed by atoms with Gasteiger partial charge in [-0.15, -0.1) is 11.3 Å². The molecule has 2 unspecified atom stereocenters. The summed E-state index contributed by atoms with van der Waals surface area (Å²) < 4.78 is 1.22. The molecule has 1 aromatic rings. The van der Waals surface area contributed by atoms with E-state index in [4.69, 9.17) is 5.73 Å². The third kappa shape index (κ3) is 2.69. The molecular formula is C13H20BrNS. The van der Waals surface area contributed by atoms with Crippen LogP contribution in [0.1, 0.15) is 43.9 Å². The lowest BCUT2D eigenvalue weighted by Gasteiger charge is -2.41. The second-order valence-electron chi connectivity index (χ2n) is 4.97. The zero-order valence-corrected chi connectivity index (χ0v) is 12.2. The Kier molecular flexibility index (Phi) is 4.09. The monoisotopic (exact) mass is 301 g/mol. The minimum absolute atomic E-state index is 0.0529. The lowest BCUT2D eigenvalue weighted by molar-refractivity contribution is 0.183. The summed E-state index contributed by atoms with van der Waals surface area (Å²) in [5, 5.41) is 0. The van der Waals surface area contributed by atoms with Crippen LogP contribution >= 0.6 is 27.3 Å². The highest BCUT2D eigenvalue weighted by atomic mass is 79.9. The number of nitrogens with two attached hydrogens (primary N) is 1. The molecule has 0 amide bonds. The van der Waals surface area contributed by atoms with Gasteiger partial charge in [0, 0.05) is 16.8 Å². The Balaban J connectivity index is 2.10. The highest BCUT2D eigenvalue weighted by Gasteiger charge is 2.36. The predicted octanol–water partition coefficient (Wildman–Crippen LogP) is 4.35. The van der Waals surface area contributed by atoms with Crippen LogP contribution in [-0.4, -0.2) is 5.54 Å². The van der Waals surface area contributed by atoms with Gasteiger partial charge in [-0.3, -0.25) is 0 Å². The molecule has 90 valence electrons. The maximum absolute atomic E-state index is 6.65. The standard InChI is InChI=1S/C13H20BrNS/c1-2-10-5-3-4-8-13(10,15)9-11-6-7-12(14)16-11/h6-7,10H,2-5,8-9,15H2,1H3. The molecule has 0 aliphatic heterocycles. The smallest absolute Gasteiger partial charge is 0.0701 e. The normalized spacial score (nSPS) is 30.6. The van der Waals surface area contributed by atoms with Crippen LogP contribution in [0.4, 0.5) is 0 Å². The number of thiophene rings is 1. The molecule has 2 rings (SSSR count). The van der Waals surface area contributed by atoms with Crippen molar-refractivity contribution in [3.05, 3.63) is 20.8 Å². The summed E-state index contributed by atoms with van der Waals surface area (Å²) in [5.41, 5.74) is 6.70. The van der Waals surface area contributed by atoms with Crippen molar-refractivity contribution in [2.24, 2.45) is 11.7 Å². The second-order valence-corrected chi connectivity index (χ2v) is 7.51. The molecular weight excluding hydrogens is 282 g/mol. The molecule has 1 fully saturated rings. The van der Waals surface area contributed by atoms with Crippen molar-refractivity contribution in [3.63, 3.8) is 0 Å². The Morgan fingerprint density at radius 1 is 1.50 bits per heavy atom. The van der Waals surface area contributed by atoms with Gasteiger partial charge in [-0.1, -0.05) is 26.2 Å². The lowest BCUT2D eigenvalue weighted by Crippen LogP contribution is -2.50. The summed E-state index contributed by atoms with van der Waals surface area (Å²) in [6.07, 6.45) is 7.47. The minimum Gasteiger partial charge on any atom is -0.325 e. The molecule has 0 bridgehead atoms. The summed E-state index contributed by atoms with van der Waals surface area (Å²) in [6.45, 7) is 2.28. The van der Waals surface area contributed by atoms with Crippen LogP contribution < -0.4 is 5.73 Å². The molecule has 2 N–H and O–H groups in total. The molecule has 1 aliphatic rings. The van der Waals surface area contributed by atoms with Crippen LogP contribution in [0.25, 0.3) is 0 Å². The van der Waals surface area contributed by atoms with E-state index in [1.807, 2.05) is 11.3 Å². The SMILES string of the molecule is CCC1CCCCC1(N)Cc1ccc(Br)s1. The highest BCUT2D eigenvalue weighted by molar-refractivity contribution is 9.11. The van der Waals surface area contributed by atoms with E-state index in [2.05, 4.69) is 35.0 Å². The lowest BCUT2D eigenvalue weighted by atomic mass is 9.70. The number of hydrogen-bond acceptors (Lipinski definition) is 2. The molecule has 0 aromatic carbocycles. The van der Waals surface area contributed by atoms with Crippen LogP contribution in [0, 0.1) is 5.92 Å². The Morgan fingerprint density at radius 2 is 2.31 bits per heavy atom. The first-order valence-corrected chi connectivity index (χ1v) is 7.78. The number of halogens is 1.